The zero-order chi connectivity index (χ0) is 18.4. The molecular formula is C17H29N5O3. The lowest BCUT2D eigenvalue weighted by atomic mass is 10.1. The van der Waals surface area contributed by atoms with Crippen LogP contribution in [-0.2, 0) is 11.3 Å². The molecule has 25 heavy (non-hydrogen) atoms. The molecule has 2 rings (SSSR count). The van der Waals surface area contributed by atoms with E-state index in [2.05, 4.69) is 10.4 Å². The highest BCUT2D eigenvalue weighted by molar-refractivity contribution is 5.95. The van der Waals surface area contributed by atoms with Crippen LogP contribution in [0.15, 0.2) is 6.20 Å². The summed E-state index contributed by atoms with van der Waals surface area (Å²) < 4.78 is 7.18. The molecule has 1 aliphatic heterocycles. The van der Waals surface area contributed by atoms with Gasteiger partial charge >= 0.3 is 6.03 Å². The van der Waals surface area contributed by atoms with E-state index < -0.39 is 0 Å². The fraction of sp³-hybridized carbons (Fsp3) is 0.706. The van der Waals surface area contributed by atoms with Gasteiger partial charge in [-0.2, -0.15) is 5.10 Å². The zero-order valence-electron chi connectivity index (χ0n) is 15.6. The van der Waals surface area contributed by atoms with Crippen LogP contribution in [0.4, 0.5) is 4.79 Å². The van der Waals surface area contributed by atoms with Crippen molar-refractivity contribution in [1.82, 2.24) is 24.9 Å². The summed E-state index contributed by atoms with van der Waals surface area (Å²) in [6, 6.07) is 0.126. The van der Waals surface area contributed by atoms with Crippen LogP contribution in [0, 0.1) is 6.92 Å². The molecule has 0 aromatic carbocycles. The van der Waals surface area contributed by atoms with Gasteiger partial charge < -0.3 is 19.9 Å². The second kappa shape index (κ2) is 8.84. The maximum atomic E-state index is 12.5. The summed E-state index contributed by atoms with van der Waals surface area (Å²) in [4.78, 5) is 28.2. The van der Waals surface area contributed by atoms with Crippen molar-refractivity contribution in [2.75, 3.05) is 40.4 Å². The van der Waals surface area contributed by atoms with Gasteiger partial charge in [-0.25, -0.2) is 4.79 Å². The van der Waals surface area contributed by atoms with Gasteiger partial charge in [0.2, 0.25) is 0 Å². The van der Waals surface area contributed by atoms with Crippen molar-refractivity contribution in [3.8, 4) is 0 Å². The first kappa shape index (κ1) is 19.2. The quantitative estimate of drug-likeness (QED) is 0.832. The zero-order valence-corrected chi connectivity index (χ0v) is 15.6. The minimum absolute atomic E-state index is 0.0314. The van der Waals surface area contributed by atoms with Crippen LogP contribution in [0.2, 0.25) is 0 Å². The maximum Gasteiger partial charge on any atom is 0.319 e. The topological polar surface area (TPSA) is 79.7 Å². The van der Waals surface area contributed by atoms with Crippen LogP contribution < -0.4 is 5.32 Å². The highest BCUT2D eigenvalue weighted by Gasteiger charge is 2.26. The predicted octanol–water partition coefficient (Wildman–Crippen LogP) is 1.10. The van der Waals surface area contributed by atoms with E-state index in [9.17, 15) is 9.59 Å². The lowest BCUT2D eigenvalue weighted by Crippen LogP contribution is -2.50. The number of rotatable bonds is 6. The number of amides is 3. The molecule has 3 amide bonds. The van der Waals surface area contributed by atoms with E-state index in [1.807, 2.05) is 18.7 Å². The lowest BCUT2D eigenvalue weighted by Gasteiger charge is -2.36. The number of nitrogens with one attached hydrogen (secondary N) is 1. The standard InChI is InChI=1S/C17H29N5O3/c1-5-22-13(2)15(12-19-22)16(23)18-8-9-21(17(24)20(3)4)14-6-10-25-11-7-14/h12,14H,5-11H2,1-4H3,(H,18,23). The molecule has 0 atom stereocenters. The van der Waals surface area contributed by atoms with Crippen molar-refractivity contribution < 1.29 is 14.3 Å². The van der Waals surface area contributed by atoms with Gasteiger partial charge in [-0.15, -0.1) is 0 Å². The Morgan fingerprint density at radius 2 is 2.04 bits per heavy atom. The van der Waals surface area contributed by atoms with E-state index in [-0.39, 0.29) is 18.0 Å². The molecule has 0 unspecified atom stereocenters. The number of carbonyl (C=O) groups excluding carboxylic acids is 2. The molecule has 1 fully saturated rings. The van der Waals surface area contributed by atoms with Crippen LogP contribution in [-0.4, -0.2) is 78.0 Å². The normalized spacial score (nSPS) is 15.0. The Hall–Kier alpha value is -2.09. The Labute approximate surface area is 149 Å². The Kier molecular flexibility index (Phi) is 6.81. The van der Waals surface area contributed by atoms with Crippen molar-refractivity contribution >= 4 is 11.9 Å². The largest absolute Gasteiger partial charge is 0.381 e. The Bertz CT molecular complexity index is 593. The Morgan fingerprint density at radius 3 is 2.60 bits per heavy atom. The summed E-state index contributed by atoms with van der Waals surface area (Å²) >= 11 is 0. The van der Waals surface area contributed by atoms with Gasteiger partial charge in [0, 0.05) is 58.7 Å². The Balaban J connectivity index is 1.94. The van der Waals surface area contributed by atoms with Crippen molar-refractivity contribution in [1.29, 1.82) is 0 Å². The molecule has 0 bridgehead atoms. The van der Waals surface area contributed by atoms with Gasteiger partial charge in [0.05, 0.1) is 11.8 Å². The molecule has 8 nitrogen and oxygen atoms in total. The average molecular weight is 351 g/mol. The average Bonchev–Trinajstić information content (AvgIpc) is 2.99. The summed E-state index contributed by atoms with van der Waals surface area (Å²) in [7, 11) is 3.49. The summed E-state index contributed by atoms with van der Waals surface area (Å²) in [5, 5.41) is 7.10. The highest BCUT2D eigenvalue weighted by atomic mass is 16.5. The summed E-state index contributed by atoms with van der Waals surface area (Å²) in [6.07, 6.45) is 3.25. The van der Waals surface area contributed by atoms with Crippen LogP contribution in [0.5, 0.6) is 0 Å². The summed E-state index contributed by atoms with van der Waals surface area (Å²) in [5.41, 5.74) is 1.43. The lowest BCUT2D eigenvalue weighted by molar-refractivity contribution is 0.0415. The highest BCUT2D eigenvalue weighted by Crippen LogP contribution is 2.15. The summed E-state index contributed by atoms with van der Waals surface area (Å²) in [5.74, 6) is -0.151. The number of hydrogen-bond donors (Lipinski definition) is 1. The fourth-order valence-corrected chi connectivity index (χ4v) is 3.06. The monoisotopic (exact) mass is 351 g/mol. The van der Waals surface area contributed by atoms with Gasteiger partial charge in [-0.05, 0) is 26.7 Å². The van der Waals surface area contributed by atoms with Gasteiger partial charge in [-0.3, -0.25) is 9.48 Å². The molecule has 1 aromatic rings. The number of aryl methyl sites for hydroxylation is 1. The smallest absolute Gasteiger partial charge is 0.319 e. The molecule has 0 radical (unpaired) electrons. The molecule has 0 spiro atoms. The van der Waals surface area contributed by atoms with Crippen LogP contribution in [0.3, 0.4) is 0 Å². The second-order valence-corrected chi connectivity index (χ2v) is 6.43. The van der Waals surface area contributed by atoms with Crippen molar-refractivity contribution in [2.45, 2.75) is 39.3 Å². The first-order chi connectivity index (χ1) is 12.0. The van der Waals surface area contributed by atoms with E-state index in [4.69, 9.17) is 4.74 Å². The van der Waals surface area contributed by atoms with Crippen LogP contribution in [0.25, 0.3) is 0 Å². The van der Waals surface area contributed by atoms with Gasteiger partial charge in [-0.1, -0.05) is 0 Å². The molecule has 1 aromatic heterocycles. The number of aromatic nitrogens is 2. The number of urea groups is 1. The first-order valence-electron chi connectivity index (χ1n) is 8.82. The third-order valence-corrected chi connectivity index (χ3v) is 4.55. The van der Waals surface area contributed by atoms with Crippen molar-refractivity contribution in [3.63, 3.8) is 0 Å². The maximum absolute atomic E-state index is 12.5. The van der Waals surface area contributed by atoms with Gasteiger partial charge in [0.1, 0.15) is 0 Å². The third-order valence-electron chi connectivity index (χ3n) is 4.55. The molecule has 0 aliphatic carbocycles. The van der Waals surface area contributed by atoms with E-state index in [0.29, 0.717) is 31.9 Å². The van der Waals surface area contributed by atoms with E-state index in [1.165, 1.54) is 0 Å². The molecule has 0 saturated carbocycles. The van der Waals surface area contributed by atoms with Crippen LogP contribution in [0.1, 0.15) is 35.8 Å². The molecule has 2 heterocycles. The molecule has 1 aliphatic rings. The summed E-state index contributed by atoms with van der Waals surface area (Å²) in [6.45, 7) is 6.83. The number of carbonyl (C=O) groups is 2. The molecule has 1 N–H and O–H groups in total. The molecular weight excluding hydrogens is 322 g/mol. The number of hydrogen-bond acceptors (Lipinski definition) is 4. The minimum Gasteiger partial charge on any atom is -0.381 e. The molecule has 1 saturated heterocycles. The number of nitrogens with zero attached hydrogens (tertiary/aromatic N) is 4. The third kappa shape index (κ3) is 4.72. The van der Waals surface area contributed by atoms with E-state index in [1.54, 1.807) is 29.9 Å². The predicted molar refractivity (Wildman–Crippen MR) is 94.6 cm³/mol. The van der Waals surface area contributed by atoms with Crippen molar-refractivity contribution in [3.05, 3.63) is 17.5 Å². The molecule has 140 valence electrons. The molecule has 8 heteroatoms. The second-order valence-electron chi connectivity index (χ2n) is 6.43. The Morgan fingerprint density at radius 1 is 1.36 bits per heavy atom. The minimum atomic E-state index is -0.151. The fourth-order valence-electron chi connectivity index (χ4n) is 3.06. The van der Waals surface area contributed by atoms with E-state index in [0.717, 1.165) is 25.1 Å². The SMILES string of the molecule is CCn1ncc(C(=O)NCCN(C(=O)N(C)C)C2CCOCC2)c1C. The van der Waals surface area contributed by atoms with Gasteiger partial charge in [0.15, 0.2) is 0 Å². The van der Waals surface area contributed by atoms with Crippen molar-refractivity contribution in [2.24, 2.45) is 0 Å². The first-order valence-corrected chi connectivity index (χ1v) is 8.82. The van der Waals surface area contributed by atoms with Gasteiger partial charge in [0.25, 0.3) is 5.91 Å². The van der Waals surface area contributed by atoms with E-state index >= 15 is 0 Å². The number of ether oxygens (including phenoxy) is 1. The van der Waals surface area contributed by atoms with Crippen LogP contribution >= 0.6 is 0 Å².